The lowest BCUT2D eigenvalue weighted by atomic mass is 10.1. The number of hydrogen-bond donors (Lipinski definition) is 2. The molecule has 0 saturated carbocycles. The number of rotatable bonds is 7. The molecule has 0 spiro atoms. The van der Waals surface area contributed by atoms with E-state index in [-0.39, 0.29) is 16.8 Å². The maximum Gasteiger partial charge on any atom is 0.240 e. The van der Waals surface area contributed by atoms with Crippen molar-refractivity contribution < 1.29 is 13.2 Å². The van der Waals surface area contributed by atoms with Crippen LogP contribution in [0.3, 0.4) is 0 Å². The molecule has 1 aromatic carbocycles. The molecule has 5 nitrogen and oxygen atoms in total. The highest BCUT2D eigenvalue weighted by Gasteiger charge is 2.17. The van der Waals surface area contributed by atoms with Crippen LogP contribution in [0.15, 0.2) is 29.2 Å². The Hall–Kier alpha value is -1.40. The normalized spacial score (nSPS) is 13.2. The third-order valence-electron chi connectivity index (χ3n) is 3.02. The molecule has 0 bridgehead atoms. The Balaban J connectivity index is 2.71. The first-order valence-electron chi connectivity index (χ1n) is 7.10. The van der Waals surface area contributed by atoms with Gasteiger partial charge in [-0.2, -0.15) is 0 Å². The summed E-state index contributed by atoms with van der Waals surface area (Å²) in [5.74, 6) is 0.361. The Morgan fingerprint density at radius 2 is 1.67 bits per heavy atom. The minimum Gasteiger partial charge on any atom is -0.326 e. The molecule has 6 heteroatoms. The molecule has 0 aliphatic carbocycles. The van der Waals surface area contributed by atoms with Crippen molar-refractivity contribution in [2.75, 3.05) is 5.32 Å². The van der Waals surface area contributed by atoms with Gasteiger partial charge in [0.25, 0.3) is 0 Å². The molecular weight excluding hydrogens is 288 g/mol. The van der Waals surface area contributed by atoms with E-state index in [0.717, 1.165) is 12.8 Å². The van der Waals surface area contributed by atoms with E-state index in [1.54, 1.807) is 12.1 Å². The first-order valence-corrected chi connectivity index (χ1v) is 8.59. The van der Waals surface area contributed by atoms with E-state index in [4.69, 9.17) is 0 Å². The lowest BCUT2D eigenvalue weighted by Gasteiger charge is -2.15. The molecule has 0 saturated heterocycles. The summed E-state index contributed by atoms with van der Waals surface area (Å²) in [4.78, 5) is 11.1. The van der Waals surface area contributed by atoms with Gasteiger partial charge in [-0.05, 0) is 49.9 Å². The third-order valence-corrected chi connectivity index (χ3v) is 4.62. The van der Waals surface area contributed by atoms with E-state index in [2.05, 4.69) is 23.9 Å². The van der Waals surface area contributed by atoms with Gasteiger partial charge >= 0.3 is 0 Å². The zero-order valence-electron chi connectivity index (χ0n) is 13.0. The van der Waals surface area contributed by atoms with Gasteiger partial charge in [0, 0.05) is 18.7 Å². The van der Waals surface area contributed by atoms with Crippen LogP contribution in [0.4, 0.5) is 5.69 Å². The number of nitrogens with one attached hydrogen (secondary N) is 2. The molecular formula is C15H24N2O3S. The topological polar surface area (TPSA) is 75.3 Å². The number of sulfonamides is 1. The molecule has 118 valence electrons. The second kappa shape index (κ2) is 7.56. The molecule has 0 aliphatic rings. The summed E-state index contributed by atoms with van der Waals surface area (Å²) >= 11 is 0. The quantitative estimate of drug-likeness (QED) is 0.813. The minimum absolute atomic E-state index is 0.104. The van der Waals surface area contributed by atoms with Gasteiger partial charge in [-0.3, -0.25) is 4.79 Å². The fourth-order valence-electron chi connectivity index (χ4n) is 1.90. The van der Waals surface area contributed by atoms with Gasteiger partial charge in [0.15, 0.2) is 0 Å². The number of benzene rings is 1. The van der Waals surface area contributed by atoms with Crippen molar-refractivity contribution in [1.82, 2.24) is 4.72 Å². The summed E-state index contributed by atoms with van der Waals surface area (Å²) in [6, 6.07) is 6.03. The number of carbonyl (C=O) groups is 1. The highest BCUT2D eigenvalue weighted by Crippen LogP contribution is 2.15. The maximum atomic E-state index is 12.2. The van der Waals surface area contributed by atoms with E-state index in [9.17, 15) is 13.2 Å². The minimum atomic E-state index is -3.52. The van der Waals surface area contributed by atoms with Crippen molar-refractivity contribution in [2.45, 2.75) is 51.5 Å². The molecule has 1 rings (SSSR count). The second-order valence-electron chi connectivity index (χ2n) is 5.70. The number of carbonyl (C=O) groups excluding carboxylic acids is 1. The molecule has 0 aromatic heterocycles. The van der Waals surface area contributed by atoms with Crippen LogP contribution in [-0.4, -0.2) is 20.4 Å². The van der Waals surface area contributed by atoms with Crippen molar-refractivity contribution in [3.05, 3.63) is 24.3 Å². The zero-order chi connectivity index (χ0) is 16.0. The monoisotopic (exact) mass is 312 g/mol. The molecule has 1 amide bonds. The molecule has 21 heavy (non-hydrogen) atoms. The van der Waals surface area contributed by atoms with Gasteiger partial charge in [-0.1, -0.05) is 13.8 Å². The van der Waals surface area contributed by atoms with Crippen LogP contribution in [-0.2, 0) is 14.8 Å². The van der Waals surface area contributed by atoms with Crippen LogP contribution >= 0.6 is 0 Å². The highest BCUT2D eigenvalue weighted by molar-refractivity contribution is 7.89. The summed E-state index contributed by atoms with van der Waals surface area (Å²) in [7, 11) is -3.52. The average Bonchev–Trinajstić information content (AvgIpc) is 2.35. The molecule has 0 radical (unpaired) electrons. The predicted octanol–water partition coefficient (Wildman–Crippen LogP) is 2.75. The van der Waals surface area contributed by atoms with E-state index in [0.29, 0.717) is 11.6 Å². The van der Waals surface area contributed by atoms with Gasteiger partial charge in [0.2, 0.25) is 15.9 Å². The van der Waals surface area contributed by atoms with Crippen LogP contribution in [0.5, 0.6) is 0 Å². The highest BCUT2D eigenvalue weighted by atomic mass is 32.2. The Morgan fingerprint density at radius 3 is 2.14 bits per heavy atom. The Kier molecular flexibility index (Phi) is 6.36. The van der Waals surface area contributed by atoms with Crippen molar-refractivity contribution in [3.63, 3.8) is 0 Å². The molecule has 0 aliphatic heterocycles. The van der Waals surface area contributed by atoms with Crippen LogP contribution in [0.25, 0.3) is 0 Å². The van der Waals surface area contributed by atoms with Crippen LogP contribution < -0.4 is 10.0 Å². The van der Waals surface area contributed by atoms with Gasteiger partial charge in [-0.25, -0.2) is 13.1 Å². The summed E-state index contributed by atoms with van der Waals surface area (Å²) in [5, 5.41) is 2.60. The fourth-order valence-corrected chi connectivity index (χ4v) is 3.17. The van der Waals surface area contributed by atoms with E-state index >= 15 is 0 Å². The number of amides is 1. The van der Waals surface area contributed by atoms with Gasteiger partial charge < -0.3 is 5.32 Å². The smallest absolute Gasteiger partial charge is 0.240 e. The third kappa shape index (κ3) is 6.27. The summed E-state index contributed by atoms with van der Waals surface area (Å²) < 4.78 is 27.1. The standard InChI is InChI=1S/C15H24N2O3S/c1-11(2)5-6-12(3)17-21(19,20)15-9-7-14(8-10-15)16-13(4)18/h7-12,17H,5-6H2,1-4H3,(H,16,18)/t12-/m0/s1. The van der Waals surface area contributed by atoms with Gasteiger partial charge in [-0.15, -0.1) is 0 Å². The number of anilines is 1. The Morgan fingerprint density at radius 1 is 1.10 bits per heavy atom. The first kappa shape index (κ1) is 17.7. The number of hydrogen-bond acceptors (Lipinski definition) is 3. The fraction of sp³-hybridized carbons (Fsp3) is 0.533. The molecule has 0 unspecified atom stereocenters. The molecule has 0 heterocycles. The van der Waals surface area contributed by atoms with Crippen LogP contribution in [0, 0.1) is 5.92 Å². The predicted molar refractivity (Wildman–Crippen MR) is 84.6 cm³/mol. The SMILES string of the molecule is CC(=O)Nc1ccc(S(=O)(=O)N[C@@H](C)CCC(C)C)cc1. The van der Waals surface area contributed by atoms with Gasteiger partial charge in [0.1, 0.15) is 0 Å². The maximum absolute atomic E-state index is 12.2. The largest absolute Gasteiger partial charge is 0.326 e. The van der Waals surface area contributed by atoms with Gasteiger partial charge in [0.05, 0.1) is 4.90 Å². The molecule has 2 N–H and O–H groups in total. The van der Waals surface area contributed by atoms with Crippen molar-refractivity contribution >= 4 is 21.6 Å². The zero-order valence-corrected chi connectivity index (χ0v) is 13.8. The average molecular weight is 312 g/mol. The Bertz CT molecular complexity index is 565. The summed E-state index contributed by atoms with van der Waals surface area (Å²) in [6.45, 7) is 7.50. The van der Waals surface area contributed by atoms with Crippen molar-refractivity contribution in [3.8, 4) is 0 Å². The lowest BCUT2D eigenvalue weighted by molar-refractivity contribution is -0.114. The van der Waals surface area contributed by atoms with E-state index < -0.39 is 10.0 Å². The summed E-state index contributed by atoms with van der Waals surface area (Å²) in [6.07, 6.45) is 1.78. The van der Waals surface area contributed by atoms with E-state index in [1.807, 2.05) is 6.92 Å². The first-order chi connectivity index (χ1) is 9.70. The van der Waals surface area contributed by atoms with Crippen molar-refractivity contribution in [2.24, 2.45) is 5.92 Å². The van der Waals surface area contributed by atoms with Crippen molar-refractivity contribution in [1.29, 1.82) is 0 Å². The second-order valence-corrected chi connectivity index (χ2v) is 7.41. The van der Waals surface area contributed by atoms with Crippen LogP contribution in [0.1, 0.15) is 40.5 Å². The molecule has 1 aromatic rings. The molecule has 0 fully saturated rings. The summed E-state index contributed by atoms with van der Waals surface area (Å²) in [5.41, 5.74) is 0.578. The van der Waals surface area contributed by atoms with E-state index in [1.165, 1.54) is 19.1 Å². The Labute approximate surface area is 127 Å². The van der Waals surface area contributed by atoms with Crippen LogP contribution in [0.2, 0.25) is 0 Å². The lowest BCUT2D eigenvalue weighted by Crippen LogP contribution is -2.32. The molecule has 1 atom stereocenters.